The molecule has 1 saturated carbocycles. The molecule has 1 aliphatic heterocycles. The lowest BCUT2D eigenvalue weighted by molar-refractivity contribution is -0.0672. The second-order valence-electron chi connectivity index (χ2n) is 7.19. The molecule has 0 aromatic heterocycles. The van der Waals surface area contributed by atoms with Gasteiger partial charge in [-0.15, -0.1) is 0 Å². The molecular weight excluding hydrogens is 354 g/mol. The molecule has 144 valence electrons. The fourth-order valence-electron chi connectivity index (χ4n) is 3.17. The van der Waals surface area contributed by atoms with Crippen molar-refractivity contribution in [1.82, 2.24) is 14.9 Å². The smallest absolute Gasteiger partial charge is 0.251 e. The molecule has 2 atom stereocenters. The molecule has 1 heterocycles. The first kappa shape index (κ1) is 19.3. The van der Waals surface area contributed by atoms with E-state index in [1.165, 1.54) is 12.1 Å². The molecule has 2 fully saturated rings. The molecule has 1 aromatic rings. The van der Waals surface area contributed by atoms with Crippen LogP contribution in [0.5, 0.6) is 0 Å². The van der Waals surface area contributed by atoms with Gasteiger partial charge in [0.25, 0.3) is 5.91 Å². The van der Waals surface area contributed by atoms with Gasteiger partial charge in [-0.25, -0.2) is 13.1 Å². The van der Waals surface area contributed by atoms with E-state index in [1.807, 2.05) is 0 Å². The normalized spacial score (nSPS) is 24.4. The van der Waals surface area contributed by atoms with Gasteiger partial charge in [-0.3, -0.25) is 9.69 Å². The van der Waals surface area contributed by atoms with Gasteiger partial charge < -0.3 is 10.1 Å². The minimum absolute atomic E-state index is 0.0635. The fraction of sp³-hybridized carbons (Fsp3) is 0.611. The maximum Gasteiger partial charge on any atom is 0.251 e. The average molecular weight is 381 g/mol. The number of amides is 1. The number of morpholine rings is 1. The van der Waals surface area contributed by atoms with Gasteiger partial charge in [-0.1, -0.05) is 0 Å². The number of nitrogens with zero attached hydrogens (tertiary/aromatic N) is 1. The number of carbonyl (C=O) groups excluding carboxylic acids is 1. The number of ether oxygens (including phenoxy) is 1. The summed E-state index contributed by atoms with van der Waals surface area (Å²) in [4.78, 5) is 14.7. The lowest BCUT2D eigenvalue weighted by Crippen LogP contribution is -2.47. The zero-order valence-electron chi connectivity index (χ0n) is 15.3. The molecule has 8 heteroatoms. The Kier molecular flexibility index (Phi) is 5.96. The highest BCUT2D eigenvalue weighted by molar-refractivity contribution is 7.89. The van der Waals surface area contributed by atoms with Crippen LogP contribution in [0.2, 0.25) is 0 Å². The highest BCUT2D eigenvalue weighted by Crippen LogP contribution is 2.22. The summed E-state index contributed by atoms with van der Waals surface area (Å²) >= 11 is 0. The Labute approximate surface area is 155 Å². The van der Waals surface area contributed by atoms with Crippen LogP contribution in [-0.4, -0.2) is 63.7 Å². The Balaban J connectivity index is 1.48. The third-order valence-corrected chi connectivity index (χ3v) is 6.07. The van der Waals surface area contributed by atoms with E-state index in [0.717, 1.165) is 32.5 Å². The minimum Gasteiger partial charge on any atom is -0.373 e. The van der Waals surface area contributed by atoms with Crippen molar-refractivity contribution in [1.29, 1.82) is 0 Å². The molecule has 26 heavy (non-hydrogen) atoms. The number of rotatable bonds is 7. The second kappa shape index (κ2) is 8.04. The Morgan fingerprint density at radius 1 is 1.15 bits per heavy atom. The van der Waals surface area contributed by atoms with Gasteiger partial charge >= 0.3 is 0 Å². The highest BCUT2D eigenvalue weighted by Gasteiger charge is 2.28. The zero-order valence-corrected chi connectivity index (χ0v) is 16.1. The molecular formula is C18H27N3O4S. The van der Waals surface area contributed by atoms with Crippen molar-refractivity contribution in [2.45, 2.75) is 49.8 Å². The van der Waals surface area contributed by atoms with Gasteiger partial charge in [0.1, 0.15) is 0 Å². The van der Waals surface area contributed by atoms with E-state index >= 15 is 0 Å². The zero-order chi connectivity index (χ0) is 18.7. The third kappa shape index (κ3) is 5.26. The van der Waals surface area contributed by atoms with Crippen molar-refractivity contribution in [3.8, 4) is 0 Å². The lowest BCUT2D eigenvalue weighted by atomic mass is 10.2. The SMILES string of the molecule is CC1CN(CCNC(=O)c2ccc(S(=O)(=O)NC3CC3)cc2)CC(C)O1. The Bertz CT molecular complexity index is 721. The van der Waals surface area contributed by atoms with Crippen molar-refractivity contribution >= 4 is 15.9 Å². The molecule has 0 radical (unpaired) electrons. The number of carbonyl (C=O) groups is 1. The van der Waals surface area contributed by atoms with Crippen molar-refractivity contribution in [2.75, 3.05) is 26.2 Å². The summed E-state index contributed by atoms with van der Waals surface area (Å²) in [5.74, 6) is -0.196. The summed E-state index contributed by atoms with van der Waals surface area (Å²) in [5.41, 5.74) is 0.457. The van der Waals surface area contributed by atoms with Gasteiger partial charge in [0.05, 0.1) is 17.1 Å². The first-order chi connectivity index (χ1) is 12.3. The van der Waals surface area contributed by atoms with Crippen molar-refractivity contribution in [2.24, 2.45) is 0 Å². The quantitative estimate of drug-likeness (QED) is 0.735. The summed E-state index contributed by atoms with van der Waals surface area (Å²) in [6, 6.07) is 6.12. The van der Waals surface area contributed by atoms with E-state index in [4.69, 9.17) is 4.74 Å². The molecule has 0 bridgehead atoms. The number of hydrogen-bond donors (Lipinski definition) is 2. The van der Waals surface area contributed by atoms with Crippen LogP contribution < -0.4 is 10.0 Å². The molecule has 1 amide bonds. The fourth-order valence-corrected chi connectivity index (χ4v) is 4.48. The Morgan fingerprint density at radius 2 is 1.77 bits per heavy atom. The summed E-state index contributed by atoms with van der Waals surface area (Å²) in [6.07, 6.45) is 2.18. The van der Waals surface area contributed by atoms with E-state index in [1.54, 1.807) is 12.1 Å². The largest absolute Gasteiger partial charge is 0.373 e. The number of benzene rings is 1. The number of sulfonamides is 1. The second-order valence-corrected chi connectivity index (χ2v) is 8.91. The van der Waals surface area contributed by atoms with Crippen LogP contribution >= 0.6 is 0 Å². The van der Waals surface area contributed by atoms with Crippen LogP contribution in [0.3, 0.4) is 0 Å². The van der Waals surface area contributed by atoms with Gasteiger partial charge in [-0.2, -0.15) is 0 Å². The maximum absolute atomic E-state index is 12.2. The number of hydrogen-bond acceptors (Lipinski definition) is 5. The predicted molar refractivity (Wildman–Crippen MR) is 98.6 cm³/mol. The van der Waals surface area contributed by atoms with Crippen LogP contribution in [0.25, 0.3) is 0 Å². The Morgan fingerprint density at radius 3 is 2.35 bits per heavy atom. The van der Waals surface area contributed by atoms with Gasteiger partial charge in [0.15, 0.2) is 0 Å². The average Bonchev–Trinajstić information content (AvgIpc) is 3.37. The molecule has 3 rings (SSSR count). The van der Waals surface area contributed by atoms with E-state index in [-0.39, 0.29) is 29.1 Å². The molecule has 2 N–H and O–H groups in total. The summed E-state index contributed by atoms with van der Waals surface area (Å²) in [5, 5.41) is 2.89. The molecule has 1 aromatic carbocycles. The molecule has 7 nitrogen and oxygen atoms in total. The number of nitrogens with one attached hydrogen (secondary N) is 2. The van der Waals surface area contributed by atoms with E-state index in [2.05, 4.69) is 28.8 Å². The van der Waals surface area contributed by atoms with Gasteiger partial charge in [-0.05, 0) is 51.0 Å². The van der Waals surface area contributed by atoms with Crippen molar-refractivity contribution in [3.05, 3.63) is 29.8 Å². The topological polar surface area (TPSA) is 87.7 Å². The van der Waals surface area contributed by atoms with Crippen molar-refractivity contribution < 1.29 is 17.9 Å². The van der Waals surface area contributed by atoms with Crippen LogP contribution in [0.15, 0.2) is 29.2 Å². The summed E-state index contributed by atoms with van der Waals surface area (Å²) in [6.45, 7) is 7.13. The standard InChI is InChI=1S/C18H27N3O4S/c1-13-11-21(12-14(2)25-13)10-9-19-18(22)15-3-7-17(8-4-15)26(23,24)20-16-5-6-16/h3-4,7-8,13-14,16,20H,5-6,9-12H2,1-2H3,(H,19,22). The first-order valence-electron chi connectivity index (χ1n) is 9.12. The van der Waals surface area contributed by atoms with E-state index < -0.39 is 10.0 Å². The summed E-state index contributed by atoms with van der Waals surface area (Å²) in [7, 11) is -3.48. The summed E-state index contributed by atoms with van der Waals surface area (Å²) < 4.78 is 32.6. The molecule has 1 aliphatic carbocycles. The minimum atomic E-state index is -3.48. The van der Waals surface area contributed by atoms with E-state index in [0.29, 0.717) is 12.1 Å². The molecule has 1 saturated heterocycles. The van der Waals surface area contributed by atoms with Gasteiger partial charge in [0.2, 0.25) is 10.0 Å². The van der Waals surface area contributed by atoms with E-state index in [9.17, 15) is 13.2 Å². The van der Waals surface area contributed by atoms with Crippen LogP contribution in [0.4, 0.5) is 0 Å². The van der Waals surface area contributed by atoms with Gasteiger partial charge in [0, 0.05) is 37.8 Å². The Hall–Kier alpha value is -1.48. The van der Waals surface area contributed by atoms with Crippen LogP contribution in [0, 0.1) is 0 Å². The molecule has 0 spiro atoms. The molecule has 2 unspecified atom stereocenters. The molecule has 2 aliphatic rings. The van der Waals surface area contributed by atoms with Crippen LogP contribution in [0.1, 0.15) is 37.0 Å². The maximum atomic E-state index is 12.2. The lowest BCUT2D eigenvalue weighted by Gasteiger charge is -2.35. The van der Waals surface area contributed by atoms with Crippen molar-refractivity contribution in [3.63, 3.8) is 0 Å². The monoisotopic (exact) mass is 381 g/mol. The van der Waals surface area contributed by atoms with Crippen LogP contribution in [-0.2, 0) is 14.8 Å². The highest BCUT2D eigenvalue weighted by atomic mass is 32.2. The predicted octanol–water partition coefficient (Wildman–Crippen LogP) is 0.966. The third-order valence-electron chi connectivity index (χ3n) is 4.53. The first-order valence-corrected chi connectivity index (χ1v) is 10.6.